The highest BCUT2D eigenvalue weighted by Crippen LogP contribution is 2.30. The molecule has 0 fully saturated rings. The molecule has 100 valence electrons. The maximum absolute atomic E-state index is 10.9. The number of nitrogens with zero attached hydrogens (tertiary/aromatic N) is 2. The number of nitrogens with two attached hydrogens (primary N) is 1. The standard InChI is InChI=1S/C13H9ClN4O2/c14-9-3-1-7(5-12(9)18(19)20)13-16-10-4-2-8(15)6-11(10)17-13/h1-6H,15H2,(H,16,17). The van der Waals surface area contributed by atoms with Gasteiger partial charge < -0.3 is 10.7 Å². The third kappa shape index (κ3) is 2.06. The van der Waals surface area contributed by atoms with Gasteiger partial charge in [-0.25, -0.2) is 4.98 Å². The Morgan fingerprint density at radius 3 is 2.80 bits per heavy atom. The number of hydrogen-bond acceptors (Lipinski definition) is 4. The van der Waals surface area contributed by atoms with Crippen LogP contribution in [0, 0.1) is 10.1 Å². The van der Waals surface area contributed by atoms with Gasteiger partial charge in [0.05, 0.1) is 16.0 Å². The van der Waals surface area contributed by atoms with Gasteiger partial charge in [-0.1, -0.05) is 11.6 Å². The molecule has 6 nitrogen and oxygen atoms in total. The third-order valence-electron chi connectivity index (χ3n) is 2.92. The van der Waals surface area contributed by atoms with Crippen LogP contribution in [0.4, 0.5) is 11.4 Å². The van der Waals surface area contributed by atoms with Crippen molar-refractivity contribution in [3.63, 3.8) is 0 Å². The van der Waals surface area contributed by atoms with Gasteiger partial charge in [-0.15, -0.1) is 0 Å². The van der Waals surface area contributed by atoms with Crippen LogP contribution in [-0.2, 0) is 0 Å². The fourth-order valence-electron chi connectivity index (χ4n) is 1.96. The number of aromatic nitrogens is 2. The van der Waals surface area contributed by atoms with E-state index < -0.39 is 4.92 Å². The Bertz CT molecular complexity index is 828. The van der Waals surface area contributed by atoms with E-state index in [-0.39, 0.29) is 10.7 Å². The zero-order chi connectivity index (χ0) is 14.3. The van der Waals surface area contributed by atoms with Crippen LogP contribution in [0.15, 0.2) is 36.4 Å². The lowest BCUT2D eigenvalue weighted by Gasteiger charge is -1.98. The summed E-state index contributed by atoms with van der Waals surface area (Å²) in [5.74, 6) is 0.533. The van der Waals surface area contributed by atoms with Gasteiger partial charge in [0.15, 0.2) is 0 Å². The van der Waals surface area contributed by atoms with Crippen molar-refractivity contribution in [1.29, 1.82) is 0 Å². The summed E-state index contributed by atoms with van der Waals surface area (Å²) in [7, 11) is 0. The van der Waals surface area contributed by atoms with Crippen LogP contribution in [-0.4, -0.2) is 14.9 Å². The van der Waals surface area contributed by atoms with Gasteiger partial charge in [-0.3, -0.25) is 10.1 Å². The fraction of sp³-hybridized carbons (Fsp3) is 0. The molecule has 1 heterocycles. The number of fused-ring (bicyclic) bond motifs is 1. The first-order valence-electron chi connectivity index (χ1n) is 5.74. The number of aromatic amines is 1. The Morgan fingerprint density at radius 2 is 2.05 bits per heavy atom. The van der Waals surface area contributed by atoms with E-state index >= 15 is 0 Å². The summed E-state index contributed by atoms with van der Waals surface area (Å²) in [6.07, 6.45) is 0. The molecule has 3 aromatic rings. The summed E-state index contributed by atoms with van der Waals surface area (Å²) in [6, 6.07) is 9.85. The maximum Gasteiger partial charge on any atom is 0.288 e. The Morgan fingerprint density at radius 1 is 1.25 bits per heavy atom. The number of hydrogen-bond donors (Lipinski definition) is 2. The van der Waals surface area contributed by atoms with Crippen molar-refractivity contribution in [3.8, 4) is 11.4 Å². The number of nitro benzene ring substituents is 1. The van der Waals surface area contributed by atoms with Crippen molar-refractivity contribution >= 4 is 34.0 Å². The monoisotopic (exact) mass is 288 g/mol. The van der Waals surface area contributed by atoms with E-state index in [2.05, 4.69) is 9.97 Å². The molecule has 3 N–H and O–H groups in total. The first kappa shape index (κ1) is 12.4. The second-order valence-electron chi connectivity index (χ2n) is 4.29. The number of nitro groups is 1. The molecule has 0 saturated heterocycles. The van der Waals surface area contributed by atoms with Crippen molar-refractivity contribution < 1.29 is 4.92 Å². The van der Waals surface area contributed by atoms with E-state index in [1.54, 1.807) is 24.3 Å². The Hall–Kier alpha value is -2.60. The van der Waals surface area contributed by atoms with Crippen LogP contribution in [0.2, 0.25) is 5.02 Å². The zero-order valence-electron chi connectivity index (χ0n) is 10.1. The average Bonchev–Trinajstić information content (AvgIpc) is 2.81. The highest BCUT2D eigenvalue weighted by molar-refractivity contribution is 6.32. The number of nitrogen functional groups attached to an aromatic ring is 1. The molecule has 0 saturated carbocycles. The third-order valence-corrected chi connectivity index (χ3v) is 3.24. The SMILES string of the molecule is Nc1ccc2nc(-c3ccc(Cl)c([N+](=O)[O-])c3)[nH]c2c1. The molecule has 3 rings (SSSR count). The van der Waals surface area contributed by atoms with E-state index in [9.17, 15) is 10.1 Å². The minimum Gasteiger partial charge on any atom is -0.399 e. The zero-order valence-corrected chi connectivity index (χ0v) is 10.9. The van der Waals surface area contributed by atoms with Crippen LogP contribution in [0.25, 0.3) is 22.4 Å². The molecular formula is C13H9ClN4O2. The molecule has 0 bridgehead atoms. The number of anilines is 1. The highest BCUT2D eigenvalue weighted by atomic mass is 35.5. The first-order valence-corrected chi connectivity index (χ1v) is 6.12. The summed E-state index contributed by atoms with van der Waals surface area (Å²) in [5, 5.41) is 11.0. The van der Waals surface area contributed by atoms with Gasteiger partial charge in [0, 0.05) is 17.3 Å². The minimum atomic E-state index is -0.521. The van der Waals surface area contributed by atoms with Crippen LogP contribution in [0.1, 0.15) is 0 Å². The number of benzene rings is 2. The summed E-state index contributed by atoms with van der Waals surface area (Å²) in [4.78, 5) is 17.8. The minimum absolute atomic E-state index is 0.0964. The summed E-state index contributed by atoms with van der Waals surface area (Å²) in [6.45, 7) is 0. The predicted octanol–water partition coefficient (Wildman–Crippen LogP) is 3.37. The van der Waals surface area contributed by atoms with E-state index in [4.69, 9.17) is 17.3 Å². The molecular weight excluding hydrogens is 280 g/mol. The van der Waals surface area contributed by atoms with Crippen LogP contribution in [0.5, 0.6) is 0 Å². The molecule has 0 spiro atoms. The Kier molecular flexibility index (Phi) is 2.80. The quantitative estimate of drug-likeness (QED) is 0.429. The average molecular weight is 289 g/mol. The highest BCUT2D eigenvalue weighted by Gasteiger charge is 2.15. The molecule has 1 aromatic heterocycles. The molecule has 0 amide bonds. The van der Waals surface area contributed by atoms with Crippen molar-refractivity contribution in [3.05, 3.63) is 51.5 Å². The smallest absolute Gasteiger partial charge is 0.288 e. The van der Waals surface area contributed by atoms with E-state index in [1.165, 1.54) is 12.1 Å². The lowest BCUT2D eigenvalue weighted by atomic mass is 10.2. The molecule has 0 aliphatic carbocycles. The van der Waals surface area contributed by atoms with Gasteiger partial charge in [0.1, 0.15) is 10.8 Å². The summed E-state index contributed by atoms with van der Waals surface area (Å²) >= 11 is 5.79. The number of halogens is 1. The molecule has 7 heteroatoms. The summed E-state index contributed by atoms with van der Waals surface area (Å²) in [5.41, 5.74) is 8.28. The Balaban J connectivity index is 2.15. The number of rotatable bonds is 2. The van der Waals surface area contributed by atoms with Gasteiger partial charge >= 0.3 is 0 Å². The van der Waals surface area contributed by atoms with Crippen molar-refractivity contribution in [2.45, 2.75) is 0 Å². The van der Waals surface area contributed by atoms with Gasteiger partial charge in [-0.2, -0.15) is 0 Å². The molecule has 0 aliphatic heterocycles. The summed E-state index contributed by atoms with van der Waals surface area (Å²) < 4.78 is 0. The van der Waals surface area contributed by atoms with E-state index in [0.717, 1.165) is 11.0 Å². The topological polar surface area (TPSA) is 97.8 Å². The molecule has 20 heavy (non-hydrogen) atoms. The molecule has 0 aliphatic rings. The number of H-pyrrole nitrogens is 1. The second-order valence-corrected chi connectivity index (χ2v) is 4.69. The normalized spacial score (nSPS) is 10.8. The van der Waals surface area contributed by atoms with Gasteiger partial charge in [0.2, 0.25) is 0 Å². The molecule has 0 unspecified atom stereocenters. The lowest BCUT2D eigenvalue weighted by Crippen LogP contribution is -1.90. The molecule has 0 atom stereocenters. The van der Waals surface area contributed by atoms with Crippen molar-refractivity contribution in [2.24, 2.45) is 0 Å². The molecule has 2 aromatic carbocycles. The fourth-order valence-corrected chi connectivity index (χ4v) is 2.15. The van der Waals surface area contributed by atoms with Gasteiger partial charge in [0.25, 0.3) is 5.69 Å². The van der Waals surface area contributed by atoms with E-state index in [1.807, 2.05) is 0 Å². The maximum atomic E-state index is 10.9. The first-order chi connectivity index (χ1) is 9.54. The van der Waals surface area contributed by atoms with Gasteiger partial charge in [-0.05, 0) is 30.3 Å². The van der Waals surface area contributed by atoms with Crippen LogP contribution in [0.3, 0.4) is 0 Å². The number of imidazole rings is 1. The largest absolute Gasteiger partial charge is 0.399 e. The van der Waals surface area contributed by atoms with E-state index in [0.29, 0.717) is 17.1 Å². The second kappa shape index (κ2) is 4.50. The molecule has 0 radical (unpaired) electrons. The lowest BCUT2D eigenvalue weighted by molar-refractivity contribution is -0.384. The van der Waals surface area contributed by atoms with Crippen LogP contribution < -0.4 is 5.73 Å². The van der Waals surface area contributed by atoms with Crippen LogP contribution >= 0.6 is 11.6 Å². The number of nitrogens with one attached hydrogen (secondary N) is 1. The predicted molar refractivity (Wildman–Crippen MR) is 77.6 cm³/mol. The van der Waals surface area contributed by atoms with Crippen molar-refractivity contribution in [1.82, 2.24) is 9.97 Å². The van der Waals surface area contributed by atoms with Crippen molar-refractivity contribution in [2.75, 3.05) is 5.73 Å². The Labute approximate surface area is 118 Å².